The summed E-state index contributed by atoms with van der Waals surface area (Å²) >= 11 is 0. The Morgan fingerprint density at radius 3 is 2.17 bits per heavy atom. The normalized spacial score (nSPS) is 34.8. The number of nitrogens with zero attached hydrogens (tertiary/aromatic N) is 1. The molecule has 1 saturated heterocycles. The van der Waals surface area contributed by atoms with E-state index in [9.17, 15) is 14.4 Å². The molecule has 0 N–H and O–H groups in total. The van der Waals surface area contributed by atoms with Crippen molar-refractivity contribution in [2.45, 2.75) is 19.4 Å². The Morgan fingerprint density at radius 1 is 1.09 bits per heavy atom. The van der Waals surface area contributed by atoms with Crippen LogP contribution in [0, 0.1) is 29.6 Å². The van der Waals surface area contributed by atoms with E-state index >= 15 is 0 Å². The number of hydrogen-bond donors (Lipinski definition) is 0. The Morgan fingerprint density at radius 2 is 1.65 bits per heavy atom. The summed E-state index contributed by atoms with van der Waals surface area (Å²) in [5, 5.41) is 0. The van der Waals surface area contributed by atoms with Crippen LogP contribution in [-0.4, -0.2) is 29.8 Å². The van der Waals surface area contributed by atoms with E-state index in [-0.39, 0.29) is 47.4 Å². The van der Waals surface area contributed by atoms with Crippen LogP contribution in [0.15, 0.2) is 30.3 Å². The minimum Gasteiger partial charge on any atom is -0.469 e. The van der Waals surface area contributed by atoms with Crippen molar-refractivity contribution < 1.29 is 19.1 Å². The van der Waals surface area contributed by atoms with Crippen LogP contribution < -0.4 is 0 Å². The maximum Gasteiger partial charge on any atom is 0.308 e. The molecule has 0 bridgehead atoms. The van der Waals surface area contributed by atoms with Crippen molar-refractivity contribution >= 4 is 17.8 Å². The molecule has 23 heavy (non-hydrogen) atoms. The van der Waals surface area contributed by atoms with Crippen LogP contribution in [0.2, 0.25) is 0 Å². The topological polar surface area (TPSA) is 63.7 Å². The fourth-order valence-electron chi connectivity index (χ4n) is 4.74. The summed E-state index contributed by atoms with van der Waals surface area (Å²) in [6.45, 7) is 0.353. The Hall–Kier alpha value is -2.17. The van der Waals surface area contributed by atoms with E-state index in [1.807, 2.05) is 30.3 Å². The number of hydrogen-bond acceptors (Lipinski definition) is 4. The van der Waals surface area contributed by atoms with Gasteiger partial charge in [0.15, 0.2) is 0 Å². The molecular formula is C18H19NO4. The van der Waals surface area contributed by atoms with Crippen LogP contribution in [0.5, 0.6) is 0 Å². The molecule has 4 rings (SSSR count). The number of imide groups is 1. The molecular weight excluding hydrogens is 294 g/mol. The lowest BCUT2D eigenvalue weighted by Gasteiger charge is -2.40. The summed E-state index contributed by atoms with van der Waals surface area (Å²) in [6.07, 6.45) is 1.35. The Labute approximate surface area is 134 Å². The van der Waals surface area contributed by atoms with Gasteiger partial charge in [0.05, 0.1) is 31.4 Å². The van der Waals surface area contributed by atoms with E-state index in [0.717, 1.165) is 5.56 Å². The van der Waals surface area contributed by atoms with Gasteiger partial charge in [0, 0.05) is 0 Å². The highest BCUT2D eigenvalue weighted by molar-refractivity contribution is 6.07. The van der Waals surface area contributed by atoms with Crippen molar-refractivity contribution in [2.75, 3.05) is 7.11 Å². The smallest absolute Gasteiger partial charge is 0.308 e. The summed E-state index contributed by atoms with van der Waals surface area (Å²) in [4.78, 5) is 38.5. The molecule has 2 aliphatic carbocycles. The molecule has 1 heterocycles. The third-order valence-electron chi connectivity index (χ3n) is 5.79. The molecule has 0 radical (unpaired) electrons. The fraction of sp³-hybridized carbons (Fsp3) is 0.500. The summed E-state index contributed by atoms with van der Waals surface area (Å²) in [5.74, 6) is -0.576. The van der Waals surface area contributed by atoms with Gasteiger partial charge in [0.25, 0.3) is 0 Å². The molecule has 0 spiro atoms. The lowest BCUT2D eigenvalue weighted by molar-refractivity contribution is -0.146. The lowest BCUT2D eigenvalue weighted by Crippen LogP contribution is -2.45. The molecule has 4 unspecified atom stereocenters. The highest BCUT2D eigenvalue weighted by Gasteiger charge is 2.67. The van der Waals surface area contributed by atoms with Gasteiger partial charge in [-0.25, -0.2) is 0 Å². The van der Waals surface area contributed by atoms with E-state index in [2.05, 4.69) is 0 Å². The number of carbonyl (C=O) groups excluding carboxylic acids is 3. The van der Waals surface area contributed by atoms with E-state index in [1.165, 1.54) is 12.0 Å². The van der Waals surface area contributed by atoms with Crippen molar-refractivity contribution in [1.82, 2.24) is 4.90 Å². The van der Waals surface area contributed by atoms with Gasteiger partial charge in [0.2, 0.25) is 11.8 Å². The van der Waals surface area contributed by atoms with Crippen molar-refractivity contribution in [3.8, 4) is 0 Å². The van der Waals surface area contributed by atoms with Gasteiger partial charge in [-0.3, -0.25) is 19.3 Å². The lowest BCUT2D eigenvalue weighted by atomic mass is 9.59. The van der Waals surface area contributed by atoms with Crippen molar-refractivity contribution in [3.63, 3.8) is 0 Å². The standard InChI is InChI=1S/C18H19NO4/c1-23-18(22)11-7-12-13(8-11)15-14(12)16(20)19(17(15)21)9-10-5-3-2-4-6-10/h2-6,11-15H,7-9H2,1H3. The zero-order chi connectivity index (χ0) is 16.1. The van der Waals surface area contributed by atoms with E-state index in [1.54, 1.807) is 0 Å². The first-order valence-corrected chi connectivity index (χ1v) is 8.08. The van der Waals surface area contributed by atoms with Gasteiger partial charge in [-0.15, -0.1) is 0 Å². The van der Waals surface area contributed by atoms with Gasteiger partial charge in [-0.1, -0.05) is 30.3 Å². The number of likely N-dealkylation sites (tertiary alicyclic amines) is 1. The van der Waals surface area contributed by atoms with Crippen LogP contribution in [0.25, 0.3) is 0 Å². The number of methoxy groups -OCH3 is 1. The molecule has 5 heteroatoms. The number of benzene rings is 1. The monoisotopic (exact) mass is 313 g/mol. The second-order valence-electron chi connectivity index (χ2n) is 6.82. The molecule has 2 amide bonds. The molecule has 5 nitrogen and oxygen atoms in total. The number of rotatable bonds is 3. The first kappa shape index (κ1) is 14.4. The van der Waals surface area contributed by atoms with Gasteiger partial charge in [-0.2, -0.15) is 0 Å². The van der Waals surface area contributed by atoms with E-state index in [0.29, 0.717) is 19.4 Å². The summed E-state index contributed by atoms with van der Waals surface area (Å²) in [6, 6.07) is 9.58. The SMILES string of the molecule is COC(=O)C1CC2C(C1)C1C(=O)N(Cc3ccccc3)C(=O)C21. The molecule has 120 valence electrons. The molecule has 2 saturated carbocycles. The van der Waals surface area contributed by atoms with Crippen LogP contribution in [0.4, 0.5) is 0 Å². The quantitative estimate of drug-likeness (QED) is 0.628. The number of fused-ring (bicyclic) bond motifs is 4. The van der Waals surface area contributed by atoms with Crippen LogP contribution in [0.1, 0.15) is 18.4 Å². The zero-order valence-corrected chi connectivity index (χ0v) is 13.0. The zero-order valence-electron chi connectivity index (χ0n) is 13.0. The van der Waals surface area contributed by atoms with Crippen LogP contribution in [0.3, 0.4) is 0 Å². The van der Waals surface area contributed by atoms with E-state index < -0.39 is 0 Å². The minimum atomic E-state index is -0.217. The number of ether oxygens (including phenoxy) is 1. The summed E-state index contributed by atoms with van der Waals surface area (Å²) in [7, 11) is 1.39. The Bertz CT molecular complexity index is 641. The van der Waals surface area contributed by atoms with Crippen molar-refractivity contribution in [3.05, 3.63) is 35.9 Å². The average Bonchev–Trinajstić information content (AvgIpc) is 3.00. The molecule has 1 aromatic rings. The van der Waals surface area contributed by atoms with Gasteiger partial charge in [0.1, 0.15) is 0 Å². The molecule has 3 fully saturated rings. The van der Waals surface area contributed by atoms with E-state index in [4.69, 9.17) is 4.74 Å². The third kappa shape index (κ3) is 2.02. The highest BCUT2D eigenvalue weighted by Crippen LogP contribution is 2.61. The Kier molecular flexibility index (Phi) is 3.25. The molecule has 1 aromatic carbocycles. The maximum absolute atomic E-state index is 12.7. The minimum absolute atomic E-state index is 0.0596. The average molecular weight is 313 g/mol. The van der Waals surface area contributed by atoms with Gasteiger partial charge in [-0.05, 0) is 30.2 Å². The van der Waals surface area contributed by atoms with Crippen molar-refractivity contribution in [1.29, 1.82) is 0 Å². The second kappa shape index (κ2) is 5.18. The third-order valence-corrected chi connectivity index (χ3v) is 5.79. The molecule has 1 aliphatic heterocycles. The second-order valence-corrected chi connectivity index (χ2v) is 6.82. The number of esters is 1. The van der Waals surface area contributed by atoms with Gasteiger partial charge < -0.3 is 4.74 Å². The highest BCUT2D eigenvalue weighted by atomic mass is 16.5. The Balaban J connectivity index is 1.51. The summed E-state index contributed by atoms with van der Waals surface area (Å²) in [5.41, 5.74) is 0.966. The van der Waals surface area contributed by atoms with Crippen LogP contribution >= 0.6 is 0 Å². The number of amides is 2. The maximum atomic E-state index is 12.7. The van der Waals surface area contributed by atoms with Crippen LogP contribution in [-0.2, 0) is 25.7 Å². The first-order chi connectivity index (χ1) is 11.1. The predicted molar refractivity (Wildman–Crippen MR) is 80.7 cm³/mol. The predicted octanol–water partition coefficient (Wildman–Crippen LogP) is 1.62. The molecule has 0 aromatic heterocycles. The number of carbonyl (C=O) groups is 3. The first-order valence-electron chi connectivity index (χ1n) is 8.08. The van der Waals surface area contributed by atoms with Crippen molar-refractivity contribution in [2.24, 2.45) is 29.6 Å². The molecule has 4 atom stereocenters. The van der Waals surface area contributed by atoms with Gasteiger partial charge >= 0.3 is 5.97 Å². The summed E-state index contributed by atoms with van der Waals surface area (Å²) < 4.78 is 4.82. The molecule has 3 aliphatic rings. The largest absolute Gasteiger partial charge is 0.469 e. The fourth-order valence-corrected chi connectivity index (χ4v) is 4.74.